The monoisotopic (exact) mass is 469 g/mol. The van der Waals surface area contributed by atoms with Crippen molar-refractivity contribution in [3.63, 3.8) is 0 Å². The number of hydrogen-bond donors (Lipinski definition) is 0. The first-order valence-electron chi connectivity index (χ1n) is 10.2. The third-order valence-corrected chi connectivity index (χ3v) is 6.02. The summed E-state index contributed by atoms with van der Waals surface area (Å²) >= 11 is 7.43. The van der Waals surface area contributed by atoms with Gasteiger partial charge in [0.05, 0.1) is 12.6 Å². The van der Waals surface area contributed by atoms with E-state index >= 15 is 0 Å². The van der Waals surface area contributed by atoms with Crippen LogP contribution in [0.5, 0.6) is 5.88 Å². The lowest BCUT2D eigenvalue weighted by Crippen LogP contribution is -2.56. The maximum absolute atomic E-state index is 14.9. The Balaban J connectivity index is 1.75. The zero-order valence-corrected chi connectivity index (χ0v) is 19.5. The lowest BCUT2D eigenvalue weighted by Gasteiger charge is -2.43. The molecule has 4 rings (SSSR count). The molecule has 8 nitrogen and oxygen atoms in total. The van der Waals surface area contributed by atoms with Crippen molar-refractivity contribution in [3.05, 3.63) is 11.0 Å². The number of piperazine rings is 1. The first-order chi connectivity index (χ1) is 14.7. The minimum absolute atomic E-state index is 0.0641. The summed E-state index contributed by atoms with van der Waals surface area (Å²) in [5, 5.41) is 0.607. The standard InChI is InChI=1S/C20H25ClFN5O3S/c1-5-31-18-23-14-12-16(25-18)27-8-7-26(19(28)30-20(2,3)4)10-11(27)6-9-29-17(12)24-15(21)13(14)22/h11H,5-10H2,1-4H3. The molecule has 11 heteroatoms. The molecule has 2 aromatic heterocycles. The molecule has 0 saturated carbocycles. The second-order valence-corrected chi connectivity index (χ2v) is 10.0. The largest absolute Gasteiger partial charge is 0.477 e. The lowest BCUT2D eigenvalue weighted by atomic mass is 10.1. The average molecular weight is 470 g/mol. The fourth-order valence-corrected chi connectivity index (χ4v) is 4.48. The fraction of sp³-hybridized carbons (Fsp3) is 0.600. The molecule has 0 spiro atoms. The van der Waals surface area contributed by atoms with Crippen LogP contribution in [0.1, 0.15) is 34.1 Å². The smallest absolute Gasteiger partial charge is 0.410 e. The van der Waals surface area contributed by atoms with E-state index in [1.807, 2.05) is 27.7 Å². The second kappa shape index (κ2) is 8.46. The number of ether oxygens (including phenoxy) is 2. The average Bonchev–Trinajstić information content (AvgIpc) is 2.68. The van der Waals surface area contributed by atoms with E-state index in [0.717, 1.165) is 5.75 Å². The highest BCUT2D eigenvalue weighted by molar-refractivity contribution is 7.99. The van der Waals surface area contributed by atoms with E-state index in [1.54, 1.807) is 4.90 Å². The number of nitrogens with zero attached hydrogens (tertiary/aromatic N) is 5. The predicted octanol–water partition coefficient (Wildman–Crippen LogP) is 4.14. The van der Waals surface area contributed by atoms with E-state index in [0.29, 0.717) is 49.0 Å². The van der Waals surface area contributed by atoms with Crippen LogP contribution in [-0.2, 0) is 4.74 Å². The van der Waals surface area contributed by atoms with Crippen LogP contribution in [0, 0.1) is 5.82 Å². The quantitative estimate of drug-likeness (QED) is 0.369. The van der Waals surface area contributed by atoms with E-state index in [9.17, 15) is 9.18 Å². The summed E-state index contributed by atoms with van der Waals surface area (Å²) in [4.78, 5) is 29.6. The lowest BCUT2D eigenvalue weighted by molar-refractivity contribution is 0.0207. The van der Waals surface area contributed by atoms with Crippen molar-refractivity contribution in [1.29, 1.82) is 0 Å². The van der Waals surface area contributed by atoms with Crippen LogP contribution in [0.4, 0.5) is 15.0 Å². The molecule has 0 bridgehead atoms. The molecule has 1 fully saturated rings. The summed E-state index contributed by atoms with van der Waals surface area (Å²) in [7, 11) is 0. The van der Waals surface area contributed by atoms with Crippen molar-refractivity contribution < 1.29 is 18.7 Å². The van der Waals surface area contributed by atoms with Crippen molar-refractivity contribution in [1.82, 2.24) is 19.9 Å². The molecule has 1 atom stereocenters. The molecule has 2 aliphatic heterocycles. The minimum Gasteiger partial charge on any atom is -0.477 e. The number of fused-ring (bicyclic) bond motifs is 2. The van der Waals surface area contributed by atoms with Crippen molar-refractivity contribution in [2.45, 2.75) is 50.9 Å². The molecule has 2 aliphatic rings. The van der Waals surface area contributed by atoms with E-state index < -0.39 is 11.4 Å². The van der Waals surface area contributed by atoms with Crippen molar-refractivity contribution in [3.8, 4) is 5.88 Å². The maximum atomic E-state index is 14.9. The van der Waals surface area contributed by atoms with Crippen LogP contribution in [0.25, 0.3) is 10.9 Å². The minimum atomic E-state index is -0.685. The molecule has 31 heavy (non-hydrogen) atoms. The molecule has 2 aromatic rings. The van der Waals surface area contributed by atoms with E-state index in [2.05, 4.69) is 14.9 Å². The van der Waals surface area contributed by atoms with Gasteiger partial charge in [-0.05, 0) is 26.5 Å². The zero-order chi connectivity index (χ0) is 22.3. The first kappa shape index (κ1) is 22.1. The number of hydrogen-bond acceptors (Lipinski definition) is 8. The Hall–Kier alpha value is -2.07. The number of carbonyl (C=O) groups excluding carboxylic acids is 1. The number of aromatic nitrogens is 3. The third kappa shape index (κ3) is 4.45. The molecular weight excluding hydrogens is 445 g/mol. The Bertz CT molecular complexity index is 1020. The van der Waals surface area contributed by atoms with Gasteiger partial charge in [0.1, 0.15) is 22.3 Å². The number of amides is 1. The van der Waals surface area contributed by atoms with Gasteiger partial charge in [-0.1, -0.05) is 30.3 Å². The summed E-state index contributed by atoms with van der Waals surface area (Å²) < 4.78 is 26.3. The number of anilines is 1. The Morgan fingerprint density at radius 1 is 1.32 bits per heavy atom. The summed E-state index contributed by atoms with van der Waals surface area (Å²) in [6.07, 6.45) is 0.294. The highest BCUT2D eigenvalue weighted by atomic mass is 35.5. The number of rotatable bonds is 2. The number of halogens is 2. The van der Waals surface area contributed by atoms with Gasteiger partial charge in [0.2, 0.25) is 5.88 Å². The molecule has 168 valence electrons. The number of thioether (sulfide) groups is 1. The van der Waals surface area contributed by atoms with Crippen LogP contribution in [-0.4, -0.2) is 69.6 Å². The summed E-state index contributed by atoms with van der Waals surface area (Å²) in [6.45, 7) is 9.31. The fourth-order valence-electron chi connectivity index (χ4n) is 3.75. The highest BCUT2D eigenvalue weighted by Crippen LogP contribution is 2.39. The SMILES string of the molecule is CCSc1nc2c3c(nc(Cl)c(F)c3n1)OCCC1CN(C(=O)OC(C)(C)C)CCN21. The van der Waals surface area contributed by atoms with Gasteiger partial charge in [-0.3, -0.25) is 0 Å². The maximum Gasteiger partial charge on any atom is 0.410 e. The van der Waals surface area contributed by atoms with Crippen LogP contribution in [0.3, 0.4) is 0 Å². The molecular formula is C20H25ClFN5O3S. The molecule has 0 aromatic carbocycles. The van der Waals surface area contributed by atoms with Gasteiger partial charge < -0.3 is 19.3 Å². The van der Waals surface area contributed by atoms with E-state index in [-0.39, 0.29) is 28.7 Å². The van der Waals surface area contributed by atoms with Crippen molar-refractivity contribution >= 4 is 46.2 Å². The van der Waals surface area contributed by atoms with Crippen LogP contribution in [0.15, 0.2) is 5.16 Å². The summed E-state index contributed by atoms with van der Waals surface area (Å²) in [5.74, 6) is 0.852. The van der Waals surface area contributed by atoms with Crippen LogP contribution < -0.4 is 9.64 Å². The molecule has 4 heterocycles. The molecule has 0 aliphatic carbocycles. The van der Waals surface area contributed by atoms with Crippen LogP contribution >= 0.6 is 23.4 Å². The Morgan fingerprint density at radius 3 is 2.81 bits per heavy atom. The van der Waals surface area contributed by atoms with Gasteiger partial charge in [0.15, 0.2) is 16.1 Å². The molecule has 0 radical (unpaired) electrons. The summed E-state index contributed by atoms with van der Waals surface area (Å²) in [5.41, 5.74) is -0.462. The number of pyridine rings is 1. The van der Waals surface area contributed by atoms with Crippen molar-refractivity contribution in [2.75, 3.05) is 36.9 Å². The molecule has 0 N–H and O–H groups in total. The van der Waals surface area contributed by atoms with E-state index in [4.69, 9.17) is 26.1 Å². The second-order valence-electron chi connectivity index (χ2n) is 8.42. The van der Waals surface area contributed by atoms with Gasteiger partial charge in [-0.25, -0.2) is 19.2 Å². The first-order valence-corrected chi connectivity index (χ1v) is 11.6. The third-order valence-electron chi connectivity index (χ3n) is 5.04. The molecule has 1 unspecified atom stereocenters. The Labute approximate surface area is 189 Å². The Morgan fingerprint density at radius 2 is 2.10 bits per heavy atom. The van der Waals surface area contributed by atoms with Crippen LogP contribution in [0.2, 0.25) is 5.15 Å². The molecule has 1 amide bonds. The Kier molecular flexibility index (Phi) is 6.04. The topological polar surface area (TPSA) is 80.7 Å². The van der Waals surface area contributed by atoms with Gasteiger partial charge in [0.25, 0.3) is 0 Å². The normalized spacial score (nSPS) is 18.8. The van der Waals surface area contributed by atoms with Gasteiger partial charge in [-0.15, -0.1) is 0 Å². The van der Waals surface area contributed by atoms with Gasteiger partial charge in [0, 0.05) is 26.1 Å². The predicted molar refractivity (Wildman–Crippen MR) is 118 cm³/mol. The number of carbonyl (C=O) groups is 1. The summed E-state index contributed by atoms with van der Waals surface area (Å²) in [6, 6.07) is -0.0641. The van der Waals surface area contributed by atoms with E-state index in [1.165, 1.54) is 11.8 Å². The van der Waals surface area contributed by atoms with Gasteiger partial charge >= 0.3 is 6.09 Å². The molecule has 1 saturated heterocycles. The van der Waals surface area contributed by atoms with Gasteiger partial charge in [-0.2, -0.15) is 4.98 Å². The van der Waals surface area contributed by atoms with Crippen molar-refractivity contribution in [2.24, 2.45) is 0 Å². The highest BCUT2D eigenvalue weighted by Gasteiger charge is 2.36. The zero-order valence-electron chi connectivity index (χ0n) is 17.9.